The van der Waals surface area contributed by atoms with Crippen molar-refractivity contribution < 1.29 is 27.8 Å². The molecule has 0 saturated heterocycles. The van der Waals surface area contributed by atoms with Crippen molar-refractivity contribution in [3.05, 3.63) is 28.3 Å². The summed E-state index contributed by atoms with van der Waals surface area (Å²) >= 11 is 0. The van der Waals surface area contributed by atoms with Crippen LogP contribution in [0.5, 0.6) is 5.75 Å². The Morgan fingerprint density at radius 1 is 1.29 bits per heavy atom. The van der Waals surface area contributed by atoms with E-state index in [0.29, 0.717) is 18.4 Å². The summed E-state index contributed by atoms with van der Waals surface area (Å²) in [5, 5.41) is 10.1. The first kappa shape index (κ1) is 17.3. The van der Waals surface area contributed by atoms with Gasteiger partial charge in [-0.05, 0) is 30.4 Å². The van der Waals surface area contributed by atoms with Gasteiger partial charge in [0.15, 0.2) is 0 Å². The Bertz CT molecular complexity index is 522. The highest BCUT2D eigenvalue weighted by atomic mass is 19.4. The minimum absolute atomic E-state index is 0.00759. The molecule has 1 aromatic rings. The standard InChI is InChI=1S/C15H19F3O3/c1-4-6-7-10-8-9(5-2)12(15(16,17)18)11(13(10)19)14(20)21-3/h8,19H,4-7H2,1-3H3. The second-order valence-corrected chi connectivity index (χ2v) is 4.74. The maximum atomic E-state index is 13.2. The number of unbranched alkanes of at least 4 members (excludes halogenated alkanes) is 1. The third-order valence-corrected chi connectivity index (χ3v) is 3.31. The Labute approximate surface area is 121 Å². The number of carbonyl (C=O) groups excluding carboxylic acids is 1. The second kappa shape index (κ2) is 6.83. The molecule has 118 valence electrons. The van der Waals surface area contributed by atoms with E-state index in [9.17, 15) is 23.1 Å². The van der Waals surface area contributed by atoms with Crippen molar-refractivity contribution in [2.24, 2.45) is 0 Å². The summed E-state index contributed by atoms with van der Waals surface area (Å²) in [6.07, 6.45) is -2.66. The summed E-state index contributed by atoms with van der Waals surface area (Å²) in [5.74, 6) is -1.80. The molecule has 6 heteroatoms. The fourth-order valence-electron chi connectivity index (χ4n) is 2.25. The van der Waals surface area contributed by atoms with Crippen LogP contribution in [0.15, 0.2) is 6.07 Å². The molecule has 21 heavy (non-hydrogen) atoms. The van der Waals surface area contributed by atoms with Gasteiger partial charge in [0.05, 0.1) is 12.7 Å². The molecule has 0 unspecified atom stereocenters. The summed E-state index contributed by atoms with van der Waals surface area (Å²) in [6, 6.07) is 1.33. The topological polar surface area (TPSA) is 46.5 Å². The van der Waals surface area contributed by atoms with Crippen LogP contribution in [0.1, 0.15) is 53.7 Å². The molecular weight excluding hydrogens is 285 g/mol. The molecule has 0 atom stereocenters. The summed E-state index contributed by atoms with van der Waals surface area (Å²) in [4.78, 5) is 11.7. The van der Waals surface area contributed by atoms with Gasteiger partial charge < -0.3 is 9.84 Å². The van der Waals surface area contributed by atoms with Crippen LogP contribution >= 0.6 is 0 Å². The molecule has 0 heterocycles. The Morgan fingerprint density at radius 3 is 2.33 bits per heavy atom. The van der Waals surface area contributed by atoms with Gasteiger partial charge in [-0.3, -0.25) is 0 Å². The van der Waals surface area contributed by atoms with E-state index in [4.69, 9.17) is 0 Å². The predicted octanol–water partition coefficient (Wildman–Crippen LogP) is 4.10. The first-order chi connectivity index (χ1) is 9.77. The van der Waals surface area contributed by atoms with Crippen LogP contribution < -0.4 is 0 Å². The lowest BCUT2D eigenvalue weighted by Crippen LogP contribution is -2.18. The number of carbonyl (C=O) groups is 1. The van der Waals surface area contributed by atoms with Crippen molar-refractivity contribution in [3.63, 3.8) is 0 Å². The molecule has 0 radical (unpaired) electrons. The van der Waals surface area contributed by atoms with Crippen LogP contribution in [-0.2, 0) is 23.8 Å². The third-order valence-electron chi connectivity index (χ3n) is 3.31. The molecule has 0 aromatic heterocycles. The summed E-state index contributed by atoms with van der Waals surface area (Å²) < 4.78 is 44.1. The van der Waals surface area contributed by atoms with Crippen LogP contribution in [0, 0.1) is 0 Å². The minimum Gasteiger partial charge on any atom is -0.507 e. The maximum absolute atomic E-state index is 13.2. The number of phenols is 1. The third kappa shape index (κ3) is 3.68. The highest BCUT2D eigenvalue weighted by Crippen LogP contribution is 2.41. The van der Waals surface area contributed by atoms with E-state index >= 15 is 0 Å². The molecule has 0 amide bonds. The van der Waals surface area contributed by atoms with Gasteiger partial charge in [0.25, 0.3) is 0 Å². The van der Waals surface area contributed by atoms with E-state index in [1.54, 1.807) is 6.92 Å². The molecule has 0 fully saturated rings. The summed E-state index contributed by atoms with van der Waals surface area (Å²) in [6.45, 7) is 3.51. The van der Waals surface area contributed by atoms with Gasteiger partial charge in [-0.15, -0.1) is 0 Å². The Balaban J connectivity index is 3.62. The maximum Gasteiger partial charge on any atom is 0.417 e. The van der Waals surface area contributed by atoms with Gasteiger partial charge in [-0.2, -0.15) is 13.2 Å². The van der Waals surface area contributed by atoms with Crippen molar-refractivity contribution in [3.8, 4) is 5.75 Å². The molecule has 0 bridgehead atoms. The Hall–Kier alpha value is -1.72. The highest BCUT2D eigenvalue weighted by Gasteiger charge is 2.40. The zero-order valence-electron chi connectivity index (χ0n) is 12.3. The average molecular weight is 304 g/mol. The molecule has 0 aliphatic heterocycles. The van der Waals surface area contributed by atoms with Crippen molar-refractivity contribution in [1.29, 1.82) is 0 Å². The zero-order valence-corrected chi connectivity index (χ0v) is 12.3. The van der Waals surface area contributed by atoms with Gasteiger partial charge in [-0.25, -0.2) is 4.79 Å². The lowest BCUT2D eigenvalue weighted by molar-refractivity contribution is -0.138. The van der Waals surface area contributed by atoms with Crippen LogP contribution in [-0.4, -0.2) is 18.2 Å². The Morgan fingerprint density at radius 2 is 1.90 bits per heavy atom. The highest BCUT2D eigenvalue weighted by molar-refractivity contribution is 5.95. The molecule has 1 aromatic carbocycles. The summed E-state index contributed by atoms with van der Waals surface area (Å²) in [7, 11) is 0.992. The van der Waals surface area contributed by atoms with Crippen LogP contribution in [0.4, 0.5) is 13.2 Å². The molecular formula is C15H19F3O3. The number of methoxy groups -OCH3 is 1. The number of hydrogen-bond acceptors (Lipinski definition) is 3. The number of rotatable bonds is 5. The molecule has 0 spiro atoms. The number of alkyl halides is 3. The quantitative estimate of drug-likeness (QED) is 0.833. The molecule has 0 aliphatic rings. The number of esters is 1. The molecule has 3 nitrogen and oxygen atoms in total. The lowest BCUT2D eigenvalue weighted by atomic mass is 9.92. The van der Waals surface area contributed by atoms with Crippen LogP contribution in [0.25, 0.3) is 0 Å². The minimum atomic E-state index is -4.73. The first-order valence-corrected chi connectivity index (χ1v) is 6.81. The normalized spacial score (nSPS) is 11.5. The van der Waals surface area contributed by atoms with E-state index in [0.717, 1.165) is 13.5 Å². The largest absolute Gasteiger partial charge is 0.507 e. The molecule has 0 saturated carbocycles. The smallest absolute Gasteiger partial charge is 0.417 e. The van der Waals surface area contributed by atoms with Crippen LogP contribution in [0.3, 0.4) is 0 Å². The first-order valence-electron chi connectivity index (χ1n) is 6.81. The van der Waals surface area contributed by atoms with Crippen molar-refractivity contribution in [2.45, 2.75) is 45.7 Å². The van der Waals surface area contributed by atoms with E-state index in [1.807, 2.05) is 6.92 Å². The average Bonchev–Trinajstić information content (AvgIpc) is 2.43. The number of ether oxygens (including phenoxy) is 1. The van der Waals surface area contributed by atoms with E-state index in [-0.39, 0.29) is 12.0 Å². The SMILES string of the molecule is CCCCc1cc(CC)c(C(F)(F)F)c(C(=O)OC)c1O. The monoisotopic (exact) mass is 304 g/mol. The fraction of sp³-hybridized carbons (Fsp3) is 0.533. The number of phenolic OH excluding ortho intramolecular Hbond substituents is 1. The predicted molar refractivity (Wildman–Crippen MR) is 72.4 cm³/mol. The van der Waals surface area contributed by atoms with Gasteiger partial charge in [0, 0.05) is 0 Å². The van der Waals surface area contributed by atoms with Gasteiger partial charge in [0.1, 0.15) is 11.3 Å². The number of halogens is 3. The van der Waals surface area contributed by atoms with Crippen LogP contribution in [0.2, 0.25) is 0 Å². The van der Waals surface area contributed by atoms with Crippen molar-refractivity contribution in [1.82, 2.24) is 0 Å². The van der Waals surface area contributed by atoms with E-state index < -0.39 is 29.0 Å². The van der Waals surface area contributed by atoms with E-state index in [1.165, 1.54) is 6.07 Å². The number of aryl methyl sites for hydroxylation is 2. The second-order valence-electron chi connectivity index (χ2n) is 4.74. The Kier molecular flexibility index (Phi) is 5.63. The number of benzene rings is 1. The molecule has 1 rings (SSSR count). The molecule has 0 aliphatic carbocycles. The van der Waals surface area contributed by atoms with Gasteiger partial charge in [-0.1, -0.05) is 26.3 Å². The lowest BCUT2D eigenvalue weighted by Gasteiger charge is -2.19. The fourth-order valence-corrected chi connectivity index (χ4v) is 2.25. The number of hydrogen-bond donors (Lipinski definition) is 1. The van der Waals surface area contributed by atoms with Gasteiger partial charge >= 0.3 is 12.1 Å². The summed E-state index contributed by atoms with van der Waals surface area (Å²) in [5.41, 5.74) is -1.54. The zero-order chi connectivity index (χ0) is 16.2. The van der Waals surface area contributed by atoms with Gasteiger partial charge in [0.2, 0.25) is 0 Å². The van der Waals surface area contributed by atoms with E-state index in [2.05, 4.69) is 4.74 Å². The molecule has 1 N–H and O–H groups in total. The number of aromatic hydroxyl groups is 1. The van der Waals surface area contributed by atoms with Crippen molar-refractivity contribution in [2.75, 3.05) is 7.11 Å². The van der Waals surface area contributed by atoms with Crippen molar-refractivity contribution >= 4 is 5.97 Å².